The van der Waals surface area contributed by atoms with E-state index >= 15 is 0 Å². The zero-order chi connectivity index (χ0) is 45.9. The van der Waals surface area contributed by atoms with Gasteiger partial charge >= 0.3 is 0 Å². The summed E-state index contributed by atoms with van der Waals surface area (Å²) in [6.07, 6.45) is -3.65. The Labute approximate surface area is 383 Å². The second-order valence-electron chi connectivity index (χ2n) is 12.0. The van der Waals surface area contributed by atoms with Crippen molar-refractivity contribution in [3.63, 3.8) is 0 Å². The third kappa shape index (κ3) is 19.5. The highest BCUT2D eigenvalue weighted by atomic mass is 35.5. The number of non-ortho nitro benzene ring substituents is 2. The average molecular weight is 1000 g/mol. The van der Waals surface area contributed by atoms with Gasteiger partial charge in [0.05, 0.1) is 47.8 Å². The zero-order valence-electron chi connectivity index (χ0n) is 31.3. The molecule has 3 aromatic carbocycles. The fraction of sp³-hybridized carbons (Fsp3) is 0.371. The first kappa shape index (κ1) is 57.3. The molecular weight excluding hydrogens is 963 g/mol. The summed E-state index contributed by atoms with van der Waals surface area (Å²) in [5, 5.41) is 85.5. The average Bonchev–Trinajstić information content (AvgIpc) is 3.23. The van der Waals surface area contributed by atoms with Crippen LogP contribution in [0.3, 0.4) is 0 Å². The van der Waals surface area contributed by atoms with Crippen LogP contribution in [0.25, 0.3) is 0 Å². The SMILES string of the molecule is CC(=O)c1ccc([C@@H](O)[C@@H](CO)NC(=O)C(Cl)Cl)cc1.Cl.O=C(N[C@H](CO)[C@H](O)c1ccc([N+](=O)[O-])cc1)C(Cl)Cl.O=C(N[C@H](CO)[C@H](O)c1ccc([N+](=O)[O-])cc1)C(Cl)Cl. The molecule has 0 radical (unpaired) electrons. The van der Waals surface area contributed by atoms with E-state index in [1.54, 1.807) is 24.3 Å². The molecule has 3 amide bonds. The fourth-order valence-electron chi connectivity index (χ4n) is 4.61. The smallest absolute Gasteiger partial charge is 0.269 e. The van der Waals surface area contributed by atoms with Crippen LogP contribution in [0.2, 0.25) is 0 Å². The summed E-state index contributed by atoms with van der Waals surface area (Å²) in [7, 11) is 0. The van der Waals surface area contributed by atoms with Crippen molar-refractivity contribution in [1.29, 1.82) is 0 Å². The third-order valence-electron chi connectivity index (χ3n) is 7.86. The zero-order valence-corrected chi connectivity index (χ0v) is 36.6. The van der Waals surface area contributed by atoms with Gasteiger partial charge in [0.25, 0.3) is 29.1 Å². The molecule has 0 heterocycles. The number of amides is 3. The maximum Gasteiger partial charge on any atom is 0.269 e. The summed E-state index contributed by atoms with van der Waals surface area (Å²) < 4.78 is 0. The minimum Gasteiger partial charge on any atom is -0.394 e. The van der Waals surface area contributed by atoms with Gasteiger partial charge in [0.2, 0.25) is 0 Å². The molecule has 3 aromatic rings. The molecule has 26 heteroatoms. The summed E-state index contributed by atoms with van der Waals surface area (Å²) in [4.78, 5) is 61.0. The Balaban J connectivity index is 0.000000878. The van der Waals surface area contributed by atoms with E-state index in [9.17, 15) is 59.8 Å². The number of hydrogen-bond donors (Lipinski definition) is 9. The lowest BCUT2D eigenvalue weighted by molar-refractivity contribution is -0.385. The molecule has 0 aromatic heterocycles. The molecule has 0 aliphatic rings. The largest absolute Gasteiger partial charge is 0.394 e. The Morgan fingerprint density at radius 2 is 0.754 bits per heavy atom. The van der Waals surface area contributed by atoms with Crippen LogP contribution in [0.4, 0.5) is 11.4 Å². The molecule has 0 aliphatic carbocycles. The van der Waals surface area contributed by atoms with Crippen LogP contribution in [0, 0.1) is 20.2 Å². The normalized spacial score (nSPS) is 13.6. The Morgan fingerprint density at radius 3 is 0.934 bits per heavy atom. The van der Waals surface area contributed by atoms with Gasteiger partial charge in [-0.25, -0.2) is 0 Å². The summed E-state index contributed by atoms with van der Waals surface area (Å²) in [5.41, 5.74) is 1.30. The fourth-order valence-corrected chi connectivity index (χ4v) is 4.99. The number of carbonyl (C=O) groups is 4. The van der Waals surface area contributed by atoms with Gasteiger partial charge in [-0.3, -0.25) is 39.4 Å². The number of aliphatic hydroxyl groups excluding tert-OH is 6. The number of Topliss-reactive ketones (excluding diaryl/α,β-unsaturated/α-hetero) is 1. The molecule has 0 fully saturated rings. The molecule has 0 saturated heterocycles. The van der Waals surface area contributed by atoms with Crippen molar-refractivity contribution in [2.45, 2.75) is 57.9 Å². The number of benzene rings is 3. The number of hydrogen-bond acceptors (Lipinski definition) is 14. The van der Waals surface area contributed by atoms with Crippen LogP contribution in [0.5, 0.6) is 0 Å². The monoisotopic (exact) mass is 999 g/mol. The highest BCUT2D eigenvalue weighted by Gasteiger charge is 2.27. The Hall–Kier alpha value is -3.67. The number of nitro groups is 2. The van der Waals surface area contributed by atoms with Gasteiger partial charge in [-0.15, -0.1) is 12.4 Å². The van der Waals surface area contributed by atoms with Crippen molar-refractivity contribution in [3.05, 3.63) is 115 Å². The van der Waals surface area contributed by atoms with E-state index in [0.717, 1.165) is 0 Å². The molecule has 338 valence electrons. The molecule has 0 saturated carbocycles. The summed E-state index contributed by atoms with van der Waals surface area (Å²) in [6, 6.07) is 13.4. The summed E-state index contributed by atoms with van der Waals surface area (Å²) >= 11 is 32.2. The number of nitrogens with one attached hydrogen (secondary N) is 3. The van der Waals surface area contributed by atoms with Gasteiger partial charge in [0.15, 0.2) is 20.3 Å². The first-order chi connectivity index (χ1) is 28.1. The lowest BCUT2D eigenvalue weighted by Gasteiger charge is -2.23. The Kier molecular flexibility index (Phi) is 27.1. The lowest BCUT2D eigenvalue weighted by atomic mass is 10.0. The Morgan fingerprint density at radius 1 is 0.525 bits per heavy atom. The van der Waals surface area contributed by atoms with Gasteiger partial charge < -0.3 is 46.6 Å². The predicted molar refractivity (Wildman–Crippen MR) is 228 cm³/mol. The molecule has 3 rings (SSSR count). The molecule has 6 atom stereocenters. The third-order valence-corrected chi connectivity index (χ3v) is 9.05. The molecule has 19 nitrogen and oxygen atoms in total. The number of ketones is 1. The Bertz CT molecular complexity index is 1650. The highest BCUT2D eigenvalue weighted by molar-refractivity contribution is 6.54. The molecule has 9 N–H and O–H groups in total. The van der Waals surface area contributed by atoms with Crippen LogP contribution in [-0.2, 0) is 14.4 Å². The van der Waals surface area contributed by atoms with Crippen molar-refractivity contribution in [2.75, 3.05) is 19.8 Å². The first-order valence-corrected chi connectivity index (χ1v) is 19.4. The highest BCUT2D eigenvalue weighted by Crippen LogP contribution is 2.23. The molecule has 0 aliphatic heterocycles. The summed E-state index contributed by atoms with van der Waals surface area (Å²) in [6.45, 7) is -0.153. The van der Waals surface area contributed by atoms with E-state index in [1.807, 2.05) is 0 Å². The van der Waals surface area contributed by atoms with Crippen molar-refractivity contribution in [3.8, 4) is 0 Å². The number of carbonyl (C=O) groups excluding carboxylic acids is 4. The number of nitrogens with zero attached hydrogens (tertiary/aromatic N) is 2. The van der Waals surface area contributed by atoms with E-state index in [2.05, 4.69) is 16.0 Å². The molecule has 0 bridgehead atoms. The number of aliphatic hydroxyl groups is 6. The van der Waals surface area contributed by atoms with Gasteiger partial charge in [-0.1, -0.05) is 93.9 Å². The topological polar surface area (TPSA) is 312 Å². The number of nitro benzene ring substituents is 2. The number of rotatable bonds is 18. The molecular formula is C35H40Cl7N5O14. The second-order valence-corrected chi connectivity index (χ2v) is 15.3. The minimum absolute atomic E-state index is 0. The molecule has 61 heavy (non-hydrogen) atoms. The van der Waals surface area contributed by atoms with Crippen LogP contribution in [-0.4, -0.2) is 116 Å². The molecule has 0 spiro atoms. The number of halogens is 7. The van der Waals surface area contributed by atoms with Gasteiger partial charge in [-0.05, 0) is 47.9 Å². The number of alkyl halides is 6. The maximum absolute atomic E-state index is 11.3. The van der Waals surface area contributed by atoms with Crippen molar-refractivity contribution in [1.82, 2.24) is 16.0 Å². The van der Waals surface area contributed by atoms with E-state index in [4.69, 9.17) is 79.8 Å². The van der Waals surface area contributed by atoms with E-state index in [1.165, 1.54) is 55.5 Å². The minimum atomic E-state index is -1.33. The first-order valence-electron chi connectivity index (χ1n) is 16.8. The van der Waals surface area contributed by atoms with E-state index in [-0.39, 0.29) is 29.6 Å². The van der Waals surface area contributed by atoms with Gasteiger partial charge in [-0.2, -0.15) is 0 Å². The summed E-state index contributed by atoms with van der Waals surface area (Å²) in [5.74, 6) is -2.31. The van der Waals surface area contributed by atoms with Crippen LogP contribution >= 0.6 is 82.0 Å². The lowest BCUT2D eigenvalue weighted by Crippen LogP contribution is -2.44. The van der Waals surface area contributed by atoms with Gasteiger partial charge in [0.1, 0.15) is 18.3 Å². The quantitative estimate of drug-likeness (QED) is 0.0382. The van der Waals surface area contributed by atoms with E-state index < -0.39 is 98.3 Å². The standard InChI is InChI=1S/C13H15Cl2NO4.2C11H12Cl2N2O5.ClH/c1-7(18)8-2-4-9(5-3-8)11(19)10(6-17)16-13(20)12(14)15;2*12-10(13)11(18)14-8(5-16)9(17)6-1-3-7(4-2-6)15(19)20;/h2-5,10-12,17,19H,6H2,1H3,(H,16,20);2*1-4,8-10,16-17H,5H2,(H,14,18);1H/t10-,11-;2*8-,9-;/m111./s1. The predicted octanol–water partition coefficient (Wildman–Crippen LogP) is 3.44. The molecule has 0 unspecified atom stereocenters. The van der Waals surface area contributed by atoms with Gasteiger partial charge in [0, 0.05) is 29.8 Å². The van der Waals surface area contributed by atoms with Crippen LogP contribution < -0.4 is 16.0 Å². The second kappa shape index (κ2) is 28.8. The van der Waals surface area contributed by atoms with Crippen molar-refractivity contribution in [2.24, 2.45) is 0 Å². The van der Waals surface area contributed by atoms with Crippen molar-refractivity contribution >= 4 is 117 Å². The van der Waals surface area contributed by atoms with Crippen LogP contribution in [0.15, 0.2) is 72.8 Å². The maximum atomic E-state index is 11.3. The van der Waals surface area contributed by atoms with Crippen LogP contribution in [0.1, 0.15) is 52.3 Å². The van der Waals surface area contributed by atoms with Crippen molar-refractivity contribution < 1.29 is 59.7 Å². The van der Waals surface area contributed by atoms with E-state index in [0.29, 0.717) is 22.3 Å².